The number of sulfonamides is 1. The number of rotatable bonds is 5. The fraction of sp³-hybridized carbons (Fsp3) is 0.278. The molecule has 1 saturated heterocycles. The molecule has 10 heteroatoms. The van der Waals surface area contributed by atoms with E-state index in [1.54, 1.807) is 42.3 Å². The number of hydrogen-bond acceptors (Lipinski definition) is 5. The van der Waals surface area contributed by atoms with Crippen LogP contribution in [-0.4, -0.2) is 51.1 Å². The lowest BCUT2D eigenvalue weighted by molar-refractivity contribution is 0.101. The molecule has 1 fully saturated rings. The van der Waals surface area contributed by atoms with Crippen molar-refractivity contribution in [3.8, 4) is 5.82 Å². The normalized spacial score (nSPS) is 15.0. The maximum absolute atomic E-state index is 12.7. The van der Waals surface area contributed by atoms with E-state index < -0.39 is 15.9 Å². The molecule has 146 valence electrons. The molecule has 0 atom stereocenters. The molecule has 0 unspecified atom stereocenters. The molecule has 0 aliphatic carbocycles. The van der Waals surface area contributed by atoms with Crippen LogP contribution >= 0.6 is 0 Å². The highest BCUT2D eigenvalue weighted by Gasteiger charge is 2.29. The van der Waals surface area contributed by atoms with Gasteiger partial charge in [-0.25, -0.2) is 18.1 Å². The predicted molar refractivity (Wildman–Crippen MR) is 103 cm³/mol. The van der Waals surface area contributed by atoms with Gasteiger partial charge < -0.3 is 9.88 Å². The second kappa shape index (κ2) is 7.21. The second-order valence-electron chi connectivity index (χ2n) is 6.59. The van der Waals surface area contributed by atoms with Gasteiger partial charge in [0.15, 0.2) is 5.82 Å². The van der Waals surface area contributed by atoms with Crippen molar-refractivity contribution >= 4 is 21.6 Å². The van der Waals surface area contributed by atoms with Gasteiger partial charge in [-0.1, -0.05) is 0 Å². The van der Waals surface area contributed by atoms with Gasteiger partial charge in [-0.2, -0.15) is 9.40 Å². The third-order valence-electron chi connectivity index (χ3n) is 4.66. The van der Waals surface area contributed by atoms with E-state index in [9.17, 15) is 13.2 Å². The summed E-state index contributed by atoms with van der Waals surface area (Å²) in [6.07, 6.45) is 8.15. The van der Waals surface area contributed by atoms with Gasteiger partial charge in [0.05, 0.1) is 11.9 Å². The molecule has 4 heterocycles. The Kier molecular flexibility index (Phi) is 4.73. The highest BCUT2D eigenvalue weighted by Crippen LogP contribution is 2.23. The Morgan fingerprint density at radius 3 is 2.64 bits per heavy atom. The molecule has 3 aromatic heterocycles. The summed E-state index contributed by atoms with van der Waals surface area (Å²) in [5, 5.41) is 6.84. The van der Waals surface area contributed by atoms with Crippen LogP contribution in [-0.2, 0) is 17.1 Å². The fourth-order valence-electron chi connectivity index (χ4n) is 3.17. The second-order valence-corrected chi connectivity index (χ2v) is 8.53. The number of nitrogens with zero attached hydrogens (tertiary/aromatic N) is 5. The number of aryl methyl sites for hydroxylation is 1. The van der Waals surface area contributed by atoms with Crippen LogP contribution in [0.4, 0.5) is 5.69 Å². The molecular formula is C18H20N6O3S. The van der Waals surface area contributed by atoms with Gasteiger partial charge in [-0.15, -0.1) is 0 Å². The molecular weight excluding hydrogens is 380 g/mol. The highest BCUT2D eigenvalue weighted by molar-refractivity contribution is 7.89. The Balaban J connectivity index is 1.51. The largest absolute Gasteiger partial charge is 0.345 e. The molecule has 28 heavy (non-hydrogen) atoms. The summed E-state index contributed by atoms with van der Waals surface area (Å²) < 4.78 is 30.0. The Morgan fingerprint density at radius 1 is 1.21 bits per heavy atom. The Morgan fingerprint density at radius 2 is 2.00 bits per heavy atom. The smallest absolute Gasteiger partial charge is 0.272 e. The molecule has 0 radical (unpaired) electrons. The molecule has 0 saturated carbocycles. The van der Waals surface area contributed by atoms with E-state index in [0.29, 0.717) is 24.6 Å². The molecule has 1 N–H and O–H groups in total. The first-order chi connectivity index (χ1) is 13.4. The number of amides is 1. The maximum Gasteiger partial charge on any atom is 0.272 e. The predicted octanol–water partition coefficient (Wildman–Crippen LogP) is 1.64. The van der Waals surface area contributed by atoms with Gasteiger partial charge in [0, 0.05) is 38.7 Å². The van der Waals surface area contributed by atoms with Crippen molar-refractivity contribution in [3.63, 3.8) is 0 Å². The van der Waals surface area contributed by atoms with E-state index in [4.69, 9.17) is 0 Å². The quantitative estimate of drug-likeness (QED) is 0.701. The van der Waals surface area contributed by atoms with Crippen LogP contribution in [0.2, 0.25) is 0 Å². The van der Waals surface area contributed by atoms with Crippen molar-refractivity contribution in [2.75, 3.05) is 18.4 Å². The lowest BCUT2D eigenvalue weighted by Crippen LogP contribution is -2.27. The van der Waals surface area contributed by atoms with Crippen LogP contribution < -0.4 is 5.32 Å². The zero-order chi connectivity index (χ0) is 19.7. The van der Waals surface area contributed by atoms with Gasteiger partial charge in [0.1, 0.15) is 10.6 Å². The van der Waals surface area contributed by atoms with Crippen molar-refractivity contribution in [3.05, 3.63) is 54.7 Å². The highest BCUT2D eigenvalue weighted by atomic mass is 32.2. The van der Waals surface area contributed by atoms with E-state index >= 15 is 0 Å². The molecule has 1 aliphatic heterocycles. The van der Waals surface area contributed by atoms with Crippen LogP contribution in [0.5, 0.6) is 0 Å². The molecule has 9 nitrogen and oxygen atoms in total. The third-order valence-corrected chi connectivity index (χ3v) is 6.52. The summed E-state index contributed by atoms with van der Waals surface area (Å²) in [5.74, 6) is 0.222. The average molecular weight is 400 g/mol. The summed E-state index contributed by atoms with van der Waals surface area (Å²) in [4.78, 5) is 17.0. The minimum Gasteiger partial charge on any atom is -0.345 e. The fourth-order valence-corrected chi connectivity index (χ4v) is 4.76. The van der Waals surface area contributed by atoms with Crippen LogP contribution in [0.3, 0.4) is 0 Å². The van der Waals surface area contributed by atoms with Crippen LogP contribution in [0.1, 0.15) is 23.3 Å². The topological polar surface area (TPSA) is 102 Å². The van der Waals surface area contributed by atoms with E-state index in [1.807, 2.05) is 0 Å². The minimum absolute atomic E-state index is 0.134. The Bertz CT molecular complexity index is 1080. The van der Waals surface area contributed by atoms with Crippen molar-refractivity contribution in [2.45, 2.75) is 17.7 Å². The van der Waals surface area contributed by atoms with E-state index in [-0.39, 0.29) is 10.6 Å². The molecule has 0 spiro atoms. The molecule has 1 amide bonds. The zero-order valence-corrected chi connectivity index (χ0v) is 16.1. The Hall–Kier alpha value is -2.98. The first-order valence-electron chi connectivity index (χ1n) is 8.89. The Labute approximate surface area is 162 Å². The lowest BCUT2D eigenvalue weighted by atomic mass is 10.3. The number of nitrogens with one attached hydrogen (secondary N) is 1. The van der Waals surface area contributed by atoms with Gasteiger partial charge in [-0.05, 0) is 37.1 Å². The van der Waals surface area contributed by atoms with Crippen LogP contribution in [0.15, 0.2) is 53.9 Å². The van der Waals surface area contributed by atoms with Gasteiger partial charge in [0.2, 0.25) is 10.0 Å². The number of carbonyl (C=O) groups excluding carboxylic acids is 1. The summed E-state index contributed by atoms with van der Waals surface area (Å²) in [6, 6.07) is 6.65. The number of anilines is 1. The maximum atomic E-state index is 12.7. The summed E-state index contributed by atoms with van der Waals surface area (Å²) in [6.45, 7) is 1.04. The number of carbonyl (C=O) groups is 1. The molecule has 0 bridgehead atoms. The monoisotopic (exact) mass is 400 g/mol. The van der Waals surface area contributed by atoms with E-state index in [1.165, 1.54) is 27.3 Å². The molecule has 0 aromatic carbocycles. The first kappa shape index (κ1) is 18.4. The third kappa shape index (κ3) is 3.43. The average Bonchev–Trinajstić information content (AvgIpc) is 3.44. The number of pyridine rings is 1. The minimum atomic E-state index is -3.57. The number of hydrogen-bond donors (Lipinski definition) is 1. The van der Waals surface area contributed by atoms with Crippen molar-refractivity contribution < 1.29 is 13.2 Å². The van der Waals surface area contributed by atoms with Crippen molar-refractivity contribution in [2.24, 2.45) is 7.05 Å². The van der Waals surface area contributed by atoms with Crippen molar-refractivity contribution in [1.29, 1.82) is 0 Å². The van der Waals surface area contributed by atoms with Gasteiger partial charge in [-0.3, -0.25) is 4.79 Å². The van der Waals surface area contributed by atoms with E-state index in [0.717, 1.165) is 12.8 Å². The molecule has 1 aliphatic rings. The van der Waals surface area contributed by atoms with E-state index in [2.05, 4.69) is 15.4 Å². The lowest BCUT2D eigenvalue weighted by Gasteiger charge is -2.13. The van der Waals surface area contributed by atoms with Gasteiger partial charge in [0.25, 0.3) is 5.91 Å². The van der Waals surface area contributed by atoms with Gasteiger partial charge >= 0.3 is 0 Å². The van der Waals surface area contributed by atoms with Crippen LogP contribution in [0, 0.1) is 0 Å². The standard InChI is InChI=1S/C18H20N6O3S/c1-22-13-15(28(26,27)23-8-2-3-9-23)11-16(22)18(25)21-14-5-6-17(19-12-14)24-10-4-7-20-24/h4-7,10-13H,2-3,8-9H2,1H3,(H,21,25). The summed E-state index contributed by atoms with van der Waals surface area (Å²) in [7, 11) is -1.92. The summed E-state index contributed by atoms with van der Waals surface area (Å²) in [5.41, 5.74) is 0.764. The van der Waals surface area contributed by atoms with Crippen molar-refractivity contribution in [1.82, 2.24) is 23.6 Å². The molecule has 3 aromatic rings. The zero-order valence-electron chi connectivity index (χ0n) is 15.3. The summed E-state index contributed by atoms with van der Waals surface area (Å²) >= 11 is 0. The number of aromatic nitrogens is 4. The molecule has 4 rings (SSSR count). The first-order valence-corrected chi connectivity index (χ1v) is 10.3. The van der Waals surface area contributed by atoms with Crippen LogP contribution in [0.25, 0.3) is 5.82 Å². The SMILES string of the molecule is Cn1cc(S(=O)(=O)N2CCCC2)cc1C(=O)Nc1ccc(-n2cccn2)nc1.